The van der Waals surface area contributed by atoms with Gasteiger partial charge in [0.25, 0.3) is 0 Å². The molecule has 0 saturated carbocycles. The number of nitrogens with zero attached hydrogens (tertiary/aromatic N) is 3. The first-order chi connectivity index (χ1) is 12.3. The number of alkyl halides is 3. The van der Waals surface area contributed by atoms with E-state index in [9.17, 15) is 13.2 Å². The van der Waals surface area contributed by atoms with E-state index in [4.69, 9.17) is 17.0 Å². The van der Waals surface area contributed by atoms with Crippen LogP contribution in [-0.2, 0) is 6.67 Å². The van der Waals surface area contributed by atoms with Gasteiger partial charge >= 0.3 is 6.18 Å². The van der Waals surface area contributed by atoms with Crippen LogP contribution in [0.15, 0.2) is 24.3 Å². The Kier molecular flexibility index (Phi) is 5.83. The summed E-state index contributed by atoms with van der Waals surface area (Å²) in [7, 11) is 1.59. The van der Waals surface area contributed by atoms with E-state index in [1.165, 1.54) is 11.3 Å². The van der Waals surface area contributed by atoms with Gasteiger partial charge in [-0.1, -0.05) is 17.4 Å². The Morgan fingerprint density at radius 2 is 2.23 bits per heavy atom. The van der Waals surface area contributed by atoms with E-state index in [1.807, 2.05) is 24.3 Å². The molecule has 1 aliphatic rings. The molecule has 1 atom stereocenters. The SMILES string of the molecule is COc1cccc(Nc2nn(CN3CCC[C@H](C(F)(F)F)C3)c(=S)s2)c1. The lowest BCUT2D eigenvalue weighted by Gasteiger charge is -2.33. The third-order valence-electron chi connectivity index (χ3n) is 4.23. The lowest BCUT2D eigenvalue weighted by Crippen LogP contribution is -2.42. The number of nitrogens with one attached hydrogen (secondary N) is 1. The van der Waals surface area contributed by atoms with Gasteiger partial charge in [-0.2, -0.15) is 13.2 Å². The molecule has 5 nitrogen and oxygen atoms in total. The number of rotatable bonds is 5. The van der Waals surface area contributed by atoms with Gasteiger partial charge in [-0.05, 0) is 43.7 Å². The van der Waals surface area contributed by atoms with E-state index >= 15 is 0 Å². The molecular weight excluding hydrogens is 385 g/mol. The first kappa shape index (κ1) is 19.1. The monoisotopic (exact) mass is 404 g/mol. The highest BCUT2D eigenvalue weighted by atomic mass is 32.1. The van der Waals surface area contributed by atoms with Crippen molar-refractivity contribution in [3.63, 3.8) is 0 Å². The molecule has 2 heterocycles. The van der Waals surface area contributed by atoms with E-state index in [-0.39, 0.29) is 19.6 Å². The summed E-state index contributed by atoms with van der Waals surface area (Å²) in [4.78, 5) is 1.76. The van der Waals surface area contributed by atoms with Crippen molar-refractivity contribution in [1.82, 2.24) is 14.7 Å². The van der Waals surface area contributed by atoms with E-state index in [0.29, 0.717) is 27.8 Å². The number of halogens is 3. The van der Waals surface area contributed by atoms with Crippen molar-refractivity contribution < 1.29 is 17.9 Å². The summed E-state index contributed by atoms with van der Waals surface area (Å²) in [5, 5.41) is 8.14. The first-order valence-electron chi connectivity index (χ1n) is 8.13. The molecule has 0 spiro atoms. The Morgan fingerprint density at radius 1 is 1.42 bits per heavy atom. The average molecular weight is 404 g/mol. The molecule has 1 aromatic carbocycles. The van der Waals surface area contributed by atoms with E-state index in [2.05, 4.69) is 10.4 Å². The highest BCUT2D eigenvalue weighted by Gasteiger charge is 2.41. The molecule has 0 unspecified atom stereocenters. The van der Waals surface area contributed by atoms with Crippen molar-refractivity contribution in [2.75, 3.05) is 25.5 Å². The van der Waals surface area contributed by atoms with Crippen molar-refractivity contribution in [2.45, 2.75) is 25.7 Å². The van der Waals surface area contributed by atoms with Crippen LogP contribution in [0.2, 0.25) is 0 Å². The van der Waals surface area contributed by atoms with Crippen molar-refractivity contribution in [2.24, 2.45) is 5.92 Å². The fraction of sp³-hybridized carbons (Fsp3) is 0.500. The molecule has 2 aromatic rings. The van der Waals surface area contributed by atoms with Gasteiger partial charge in [-0.15, -0.1) is 5.10 Å². The number of hydrogen-bond donors (Lipinski definition) is 1. The fourth-order valence-electron chi connectivity index (χ4n) is 2.91. The fourth-order valence-corrected chi connectivity index (χ4v) is 3.92. The Labute approximate surface area is 158 Å². The van der Waals surface area contributed by atoms with Crippen LogP contribution in [0.25, 0.3) is 0 Å². The van der Waals surface area contributed by atoms with Gasteiger partial charge in [0.1, 0.15) is 5.75 Å². The summed E-state index contributed by atoms with van der Waals surface area (Å²) in [6.45, 7) is 0.869. The largest absolute Gasteiger partial charge is 0.497 e. The maximum absolute atomic E-state index is 13.0. The minimum atomic E-state index is -4.15. The lowest BCUT2D eigenvalue weighted by molar-refractivity contribution is -0.188. The van der Waals surface area contributed by atoms with E-state index in [1.54, 1.807) is 16.7 Å². The zero-order valence-electron chi connectivity index (χ0n) is 14.1. The highest BCUT2D eigenvalue weighted by molar-refractivity contribution is 7.73. The summed E-state index contributed by atoms with van der Waals surface area (Å²) in [5.74, 6) is -0.567. The maximum Gasteiger partial charge on any atom is 0.393 e. The number of piperidine rings is 1. The van der Waals surface area contributed by atoms with Crippen LogP contribution in [0.4, 0.5) is 24.0 Å². The van der Waals surface area contributed by atoms with Crippen LogP contribution in [0.3, 0.4) is 0 Å². The number of aromatic nitrogens is 2. The van der Waals surface area contributed by atoms with Crippen LogP contribution >= 0.6 is 23.6 Å². The van der Waals surface area contributed by atoms with Crippen molar-refractivity contribution in [1.29, 1.82) is 0 Å². The zero-order chi connectivity index (χ0) is 18.7. The second-order valence-corrected chi connectivity index (χ2v) is 7.75. The molecule has 1 saturated heterocycles. The Morgan fingerprint density at radius 3 is 2.96 bits per heavy atom. The van der Waals surface area contributed by atoms with Gasteiger partial charge in [0.05, 0.1) is 19.7 Å². The number of ether oxygens (including phenoxy) is 1. The Hall–Kier alpha value is -1.65. The second-order valence-electron chi connectivity index (χ2n) is 6.13. The van der Waals surface area contributed by atoms with Crippen LogP contribution in [0.5, 0.6) is 5.75 Å². The van der Waals surface area contributed by atoms with Gasteiger partial charge in [0.2, 0.25) is 5.13 Å². The minimum absolute atomic E-state index is 0.0125. The normalized spacial score (nSPS) is 18.7. The molecule has 1 N–H and O–H groups in total. The standard InChI is InChI=1S/C16H19F3N4OS2/c1-24-13-6-2-5-12(8-13)20-14-21-23(15(25)26-14)10-22-7-3-4-11(9-22)16(17,18)19/h2,5-6,8,11H,3-4,7,9-10H2,1H3,(H,20,21)/t11-/m0/s1. The van der Waals surface area contributed by atoms with Gasteiger partial charge in [0.15, 0.2) is 3.95 Å². The predicted octanol–water partition coefficient (Wildman–Crippen LogP) is 4.66. The first-order valence-corrected chi connectivity index (χ1v) is 9.36. The third-order valence-corrected chi connectivity index (χ3v) is 5.45. The van der Waals surface area contributed by atoms with Crippen LogP contribution in [-0.4, -0.2) is 41.1 Å². The maximum atomic E-state index is 13.0. The number of likely N-dealkylation sites (tertiary alicyclic amines) is 1. The number of benzene rings is 1. The molecule has 0 aliphatic carbocycles. The summed E-state index contributed by atoms with van der Waals surface area (Å²) in [6.07, 6.45) is -3.44. The quantitative estimate of drug-likeness (QED) is 0.735. The summed E-state index contributed by atoms with van der Waals surface area (Å²) < 4.78 is 46.1. The van der Waals surface area contributed by atoms with E-state index in [0.717, 1.165) is 5.69 Å². The van der Waals surface area contributed by atoms with Crippen molar-refractivity contribution in [3.05, 3.63) is 28.2 Å². The van der Waals surface area contributed by atoms with Crippen LogP contribution in [0, 0.1) is 9.87 Å². The Bertz CT molecular complexity index is 805. The summed E-state index contributed by atoms with van der Waals surface area (Å²) >= 11 is 6.60. The molecule has 1 aromatic heterocycles. The van der Waals surface area contributed by atoms with Gasteiger partial charge in [0, 0.05) is 18.3 Å². The van der Waals surface area contributed by atoms with Crippen LogP contribution in [0.1, 0.15) is 12.8 Å². The minimum Gasteiger partial charge on any atom is -0.497 e. The van der Waals surface area contributed by atoms with Gasteiger partial charge < -0.3 is 10.1 Å². The van der Waals surface area contributed by atoms with Gasteiger partial charge in [-0.3, -0.25) is 4.90 Å². The summed E-state index contributed by atoms with van der Waals surface area (Å²) in [5.41, 5.74) is 0.801. The number of methoxy groups -OCH3 is 1. The predicted molar refractivity (Wildman–Crippen MR) is 97.6 cm³/mol. The molecular formula is C16H19F3N4OS2. The molecule has 0 amide bonds. The molecule has 1 fully saturated rings. The lowest BCUT2D eigenvalue weighted by atomic mass is 9.98. The van der Waals surface area contributed by atoms with Crippen LogP contribution < -0.4 is 10.1 Å². The zero-order valence-corrected chi connectivity index (χ0v) is 15.8. The second kappa shape index (κ2) is 7.93. The highest BCUT2D eigenvalue weighted by Crippen LogP contribution is 2.33. The molecule has 0 radical (unpaired) electrons. The molecule has 10 heteroatoms. The number of anilines is 2. The molecule has 26 heavy (non-hydrogen) atoms. The van der Waals surface area contributed by atoms with Crippen molar-refractivity contribution in [3.8, 4) is 5.75 Å². The topological polar surface area (TPSA) is 42.3 Å². The third kappa shape index (κ3) is 4.74. The molecule has 0 bridgehead atoms. The average Bonchev–Trinajstić information content (AvgIpc) is 2.93. The molecule has 3 rings (SSSR count). The van der Waals surface area contributed by atoms with E-state index < -0.39 is 12.1 Å². The van der Waals surface area contributed by atoms with Crippen molar-refractivity contribution >= 4 is 34.4 Å². The molecule has 1 aliphatic heterocycles. The smallest absolute Gasteiger partial charge is 0.393 e. The summed E-state index contributed by atoms with van der Waals surface area (Å²) in [6, 6.07) is 7.38. The Balaban J connectivity index is 1.67. The molecule has 142 valence electrons. The number of hydrogen-bond acceptors (Lipinski definition) is 6. The van der Waals surface area contributed by atoms with Gasteiger partial charge in [-0.25, -0.2) is 4.68 Å².